The number of azo groups is 1. The minimum Gasteiger partial charge on any atom is -0.494 e. The lowest BCUT2D eigenvalue weighted by Gasteiger charge is -2.17. The Balaban J connectivity index is 1.47. The number of hydrogen-bond donors (Lipinski definition) is 0. The van der Waals surface area contributed by atoms with Crippen molar-refractivity contribution >= 4 is 23.3 Å². The summed E-state index contributed by atoms with van der Waals surface area (Å²) in [5.41, 5.74) is 1.70. The van der Waals surface area contributed by atoms with E-state index in [0.717, 1.165) is 38.5 Å². The number of carbonyl (C=O) groups is 2. The van der Waals surface area contributed by atoms with Gasteiger partial charge in [0, 0.05) is 0 Å². The number of carbonyl (C=O) groups excluding carboxylic acids is 2. The minimum absolute atomic E-state index is 0.210. The van der Waals surface area contributed by atoms with Crippen molar-refractivity contribution in [1.29, 1.82) is 0 Å². The molecule has 4 aromatic carbocycles. The van der Waals surface area contributed by atoms with E-state index in [0.29, 0.717) is 71.9 Å². The summed E-state index contributed by atoms with van der Waals surface area (Å²) in [6, 6.07) is 23.7. The molecule has 0 saturated carbocycles. The van der Waals surface area contributed by atoms with E-state index in [1.165, 1.54) is 0 Å². The topological polar surface area (TPSA) is 114 Å². The van der Waals surface area contributed by atoms with Gasteiger partial charge in [0.1, 0.15) is 22.9 Å². The summed E-state index contributed by atoms with van der Waals surface area (Å²) in [5, 5.41) is 8.81. The fourth-order valence-corrected chi connectivity index (χ4v) is 4.44. The number of benzene rings is 4. The zero-order valence-corrected chi connectivity index (χ0v) is 29.3. The van der Waals surface area contributed by atoms with Crippen molar-refractivity contribution in [3.05, 3.63) is 96.1 Å². The second kappa shape index (κ2) is 20.2. The van der Waals surface area contributed by atoms with Crippen LogP contribution in [-0.4, -0.2) is 38.4 Å². The first-order valence-corrected chi connectivity index (χ1v) is 17.3. The van der Waals surface area contributed by atoms with Gasteiger partial charge >= 0.3 is 11.9 Å². The summed E-state index contributed by atoms with van der Waals surface area (Å²) in [6.07, 6.45) is 5.47. The summed E-state index contributed by atoms with van der Waals surface area (Å²) >= 11 is 0. The number of esters is 2. The van der Waals surface area contributed by atoms with E-state index in [-0.39, 0.29) is 11.5 Å². The van der Waals surface area contributed by atoms with Crippen molar-refractivity contribution in [3.8, 4) is 34.5 Å². The van der Waals surface area contributed by atoms with Crippen LogP contribution in [0.15, 0.2) is 95.2 Å². The van der Waals surface area contributed by atoms with Crippen LogP contribution in [0.25, 0.3) is 0 Å². The molecule has 0 spiro atoms. The molecule has 0 amide bonds. The van der Waals surface area contributed by atoms with Gasteiger partial charge in [-0.05, 0) is 111 Å². The molecule has 0 aliphatic carbocycles. The molecule has 0 saturated heterocycles. The third-order valence-electron chi connectivity index (χ3n) is 7.19. The molecule has 0 heterocycles. The molecule has 264 valence electrons. The van der Waals surface area contributed by atoms with Crippen LogP contribution in [0.1, 0.15) is 86.9 Å². The quantitative estimate of drug-likeness (QED) is 0.0391. The zero-order valence-electron chi connectivity index (χ0n) is 29.3. The molecular weight excluding hydrogens is 636 g/mol. The number of unbranched alkanes of at least 4 members (excludes halogenated alkanes) is 2. The fourth-order valence-electron chi connectivity index (χ4n) is 4.44. The van der Waals surface area contributed by atoms with Crippen LogP contribution < -0.4 is 28.4 Å². The molecule has 4 rings (SSSR count). The Kier molecular flexibility index (Phi) is 15.1. The lowest BCUT2D eigenvalue weighted by Crippen LogP contribution is -2.11. The highest BCUT2D eigenvalue weighted by molar-refractivity contribution is 5.92. The van der Waals surface area contributed by atoms with Crippen molar-refractivity contribution in [2.45, 2.75) is 66.2 Å². The maximum atomic E-state index is 13.1. The summed E-state index contributed by atoms with van der Waals surface area (Å²) in [5.74, 6) is 1.54. The van der Waals surface area contributed by atoms with Crippen molar-refractivity contribution in [2.75, 3.05) is 26.4 Å². The van der Waals surface area contributed by atoms with Crippen LogP contribution in [-0.2, 0) is 0 Å². The first kappa shape index (κ1) is 37.4. The van der Waals surface area contributed by atoms with Crippen molar-refractivity contribution in [2.24, 2.45) is 10.2 Å². The molecule has 0 radical (unpaired) electrons. The second-order valence-electron chi connectivity index (χ2n) is 11.4. The van der Waals surface area contributed by atoms with Gasteiger partial charge in [-0.1, -0.05) is 40.5 Å². The van der Waals surface area contributed by atoms with E-state index in [1.807, 2.05) is 13.8 Å². The molecule has 10 heteroatoms. The second-order valence-corrected chi connectivity index (χ2v) is 11.4. The molecule has 0 atom stereocenters. The maximum absolute atomic E-state index is 13.1. The highest BCUT2D eigenvalue weighted by Crippen LogP contribution is 2.45. The lowest BCUT2D eigenvalue weighted by molar-refractivity contribution is 0.0720. The number of ether oxygens (including phenoxy) is 6. The molecule has 0 aliphatic rings. The molecule has 0 aromatic heterocycles. The monoisotopic (exact) mass is 682 g/mol. The molecule has 0 fully saturated rings. The molecule has 0 N–H and O–H groups in total. The molecule has 50 heavy (non-hydrogen) atoms. The summed E-state index contributed by atoms with van der Waals surface area (Å²) < 4.78 is 34.8. The molecule has 0 aliphatic heterocycles. The van der Waals surface area contributed by atoms with Gasteiger partial charge in [-0.3, -0.25) is 0 Å². The van der Waals surface area contributed by atoms with Crippen LogP contribution >= 0.6 is 0 Å². The smallest absolute Gasteiger partial charge is 0.343 e. The van der Waals surface area contributed by atoms with Crippen molar-refractivity contribution in [3.63, 3.8) is 0 Å². The number of nitrogens with zero attached hydrogens (tertiary/aromatic N) is 2. The number of hydrogen-bond acceptors (Lipinski definition) is 10. The molecular formula is C40H46N2O8. The first-order chi connectivity index (χ1) is 24.4. The molecule has 0 bridgehead atoms. The summed E-state index contributed by atoms with van der Waals surface area (Å²) in [7, 11) is 0. The fraction of sp³-hybridized carbons (Fsp3) is 0.350. The average Bonchev–Trinajstić information content (AvgIpc) is 3.14. The van der Waals surface area contributed by atoms with Crippen molar-refractivity contribution < 1.29 is 38.0 Å². The summed E-state index contributed by atoms with van der Waals surface area (Å²) in [6.45, 7) is 10.2. The van der Waals surface area contributed by atoms with Gasteiger partial charge in [0.05, 0.1) is 43.2 Å². The Morgan fingerprint density at radius 3 is 1.50 bits per heavy atom. The van der Waals surface area contributed by atoms with Crippen LogP contribution in [0.3, 0.4) is 0 Å². The van der Waals surface area contributed by atoms with Crippen LogP contribution in [0.2, 0.25) is 0 Å². The molecule has 4 aromatic rings. The van der Waals surface area contributed by atoms with Gasteiger partial charge in [-0.25, -0.2) is 9.59 Å². The van der Waals surface area contributed by atoms with Crippen molar-refractivity contribution in [1.82, 2.24) is 0 Å². The van der Waals surface area contributed by atoms with E-state index in [9.17, 15) is 9.59 Å². The average molecular weight is 683 g/mol. The van der Waals surface area contributed by atoms with E-state index < -0.39 is 11.9 Å². The Labute approximate surface area is 294 Å². The molecule has 0 unspecified atom stereocenters. The Morgan fingerprint density at radius 2 is 0.980 bits per heavy atom. The maximum Gasteiger partial charge on any atom is 0.343 e. The predicted octanol–water partition coefficient (Wildman–Crippen LogP) is 10.5. The van der Waals surface area contributed by atoms with Gasteiger partial charge in [-0.2, -0.15) is 5.11 Å². The third-order valence-corrected chi connectivity index (χ3v) is 7.19. The Morgan fingerprint density at radius 1 is 0.480 bits per heavy atom. The van der Waals surface area contributed by atoms with Crippen LogP contribution in [0.4, 0.5) is 11.4 Å². The SMILES string of the molecule is CCCCOc1ccc(C(=O)Oc2ccc(N=Nc3ccc(OC(=O)c4ccc(OCCCC)cc4)c(OCCC)c3OCCC)cc2)cc1. The van der Waals surface area contributed by atoms with Gasteiger partial charge in [0.25, 0.3) is 0 Å². The predicted molar refractivity (Wildman–Crippen MR) is 192 cm³/mol. The van der Waals surface area contributed by atoms with Crippen LogP contribution in [0, 0.1) is 0 Å². The third kappa shape index (κ3) is 11.4. The largest absolute Gasteiger partial charge is 0.494 e. The van der Waals surface area contributed by atoms with Gasteiger partial charge in [-0.15, -0.1) is 5.11 Å². The van der Waals surface area contributed by atoms with Gasteiger partial charge in [0.15, 0.2) is 11.5 Å². The summed E-state index contributed by atoms with van der Waals surface area (Å²) in [4.78, 5) is 25.8. The Hall–Kier alpha value is -5.38. The zero-order chi connectivity index (χ0) is 35.6. The molecule has 10 nitrogen and oxygen atoms in total. The minimum atomic E-state index is -0.545. The highest BCUT2D eigenvalue weighted by Gasteiger charge is 2.21. The van der Waals surface area contributed by atoms with Gasteiger partial charge < -0.3 is 28.4 Å². The van der Waals surface area contributed by atoms with Crippen LogP contribution in [0.5, 0.6) is 34.5 Å². The Bertz CT molecular complexity index is 1670. The normalized spacial score (nSPS) is 10.9. The highest BCUT2D eigenvalue weighted by atomic mass is 16.6. The number of rotatable bonds is 20. The standard InChI is InChI=1S/C40H46N2O8/c1-5-9-27-45-32-17-11-29(12-18-32)39(43)49-34-21-15-31(16-22-34)41-42-35-23-24-36(38(48-26-8-4)37(35)47-25-7-3)50-40(44)30-13-19-33(20-14-30)46-28-10-6-2/h11-24H,5-10,25-28H2,1-4H3. The van der Waals surface area contributed by atoms with E-state index in [2.05, 4.69) is 24.1 Å². The van der Waals surface area contributed by atoms with E-state index >= 15 is 0 Å². The first-order valence-electron chi connectivity index (χ1n) is 17.3. The van der Waals surface area contributed by atoms with Gasteiger partial charge in [0.2, 0.25) is 5.75 Å². The lowest BCUT2D eigenvalue weighted by atomic mass is 10.2. The van der Waals surface area contributed by atoms with E-state index in [4.69, 9.17) is 28.4 Å². The van der Waals surface area contributed by atoms with E-state index in [1.54, 1.807) is 84.9 Å².